The molecule has 9 heteroatoms. The predicted octanol–water partition coefficient (Wildman–Crippen LogP) is 2.04. The Morgan fingerprint density at radius 1 is 1.15 bits per heavy atom. The van der Waals surface area contributed by atoms with Gasteiger partial charge in [0.1, 0.15) is 5.56 Å². The van der Waals surface area contributed by atoms with Crippen molar-refractivity contribution in [2.45, 2.75) is 19.2 Å². The second kappa shape index (κ2) is 7.29. The van der Waals surface area contributed by atoms with Crippen LogP contribution in [0.15, 0.2) is 42.6 Å². The molecule has 0 atom stereocenters. The molecule has 140 valence electrons. The molecule has 0 bridgehead atoms. The monoisotopic (exact) mass is 386 g/mol. The van der Waals surface area contributed by atoms with Gasteiger partial charge in [0.15, 0.2) is 5.65 Å². The number of aromatic nitrogens is 2. The highest BCUT2D eigenvalue weighted by molar-refractivity contribution is 7.88. The van der Waals surface area contributed by atoms with Crippen LogP contribution in [0.5, 0.6) is 0 Å². The lowest BCUT2D eigenvalue weighted by atomic mass is 10.1. The largest absolute Gasteiger partial charge is 0.478 e. The summed E-state index contributed by atoms with van der Waals surface area (Å²) < 4.78 is 22.3. The fourth-order valence-corrected chi connectivity index (χ4v) is 3.36. The third kappa shape index (κ3) is 4.57. The van der Waals surface area contributed by atoms with Crippen molar-refractivity contribution in [3.8, 4) is 0 Å². The zero-order valence-corrected chi connectivity index (χ0v) is 15.3. The van der Waals surface area contributed by atoms with Gasteiger partial charge in [-0.2, -0.15) is 0 Å². The lowest BCUT2D eigenvalue weighted by Gasteiger charge is -2.13. The Kier molecular flexibility index (Phi) is 5.06. The van der Waals surface area contributed by atoms with E-state index in [0.29, 0.717) is 28.8 Å². The highest BCUT2D eigenvalue weighted by Crippen LogP contribution is 2.26. The summed E-state index contributed by atoms with van der Waals surface area (Å²) in [5.41, 5.74) is 3.18. The molecule has 0 saturated heterocycles. The molecule has 0 spiro atoms. The van der Waals surface area contributed by atoms with Crippen molar-refractivity contribution in [2.24, 2.45) is 5.14 Å². The lowest BCUT2D eigenvalue weighted by Crippen LogP contribution is -2.14. The Bertz CT molecular complexity index is 1110. The van der Waals surface area contributed by atoms with Crippen molar-refractivity contribution in [3.63, 3.8) is 0 Å². The van der Waals surface area contributed by atoms with Crippen molar-refractivity contribution in [1.82, 2.24) is 9.97 Å². The first kappa shape index (κ1) is 18.7. The van der Waals surface area contributed by atoms with Crippen LogP contribution in [0, 0.1) is 6.92 Å². The molecule has 0 unspecified atom stereocenters. The van der Waals surface area contributed by atoms with E-state index in [1.54, 1.807) is 36.4 Å². The summed E-state index contributed by atoms with van der Waals surface area (Å²) >= 11 is 0. The molecule has 2 aromatic heterocycles. The molecule has 0 aliphatic rings. The number of rotatable bonds is 6. The van der Waals surface area contributed by atoms with Crippen molar-refractivity contribution >= 4 is 32.7 Å². The van der Waals surface area contributed by atoms with Gasteiger partial charge in [0.25, 0.3) is 0 Å². The molecule has 8 nitrogen and oxygen atoms in total. The summed E-state index contributed by atoms with van der Waals surface area (Å²) in [5.74, 6) is -1.32. The molecule has 0 amide bonds. The number of fused-ring (bicyclic) bond motifs is 1. The molecule has 4 N–H and O–H groups in total. The van der Waals surface area contributed by atoms with E-state index in [9.17, 15) is 18.3 Å². The van der Waals surface area contributed by atoms with Crippen molar-refractivity contribution in [1.29, 1.82) is 0 Å². The number of nitrogens with one attached hydrogen (secondary N) is 1. The first-order valence-corrected chi connectivity index (χ1v) is 9.76. The van der Waals surface area contributed by atoms with E-state index in [4.69, 9.17) is 5.14 Å². The van der Waals surface area contributed by atoms with Gasteiger partial charge in [-0.1, -0.05) is 24.3 Å². The first-order valence-electron chi connectivity index (χ1n) is 8.05. The number of pyridine rings is 2. The van der Waals surface area contributed by atoms with Crippen molar-refractivity contribution in [3.05, 3.63) is 65.0 Å². The van der Waals surface area contributed by atoms with Gasteiger partial charge in [-0.25, -0.2) is 28.3 Å². The summed E-state index contributed by atoms with van der Waals surface area (Å²) in [7, 11) is -3.58. The highest BCUT2D eigenvalue weighted by Gasteiger charge is 2.15. The molecule has 1 aromatic carbocycles. The van der Waals surface area contributed by atoms with Gasteiger partial charge in [0.05, 0.1) is 11.4 Å². The number of primary sulfonamides is 1. The molecule has 2 heterocycles. The van der Waals surface area contributed by atoms with E-state index in [0.717, 1.165) is 11.3 Å². The number of carboxylic acid groups (broad SMARTS) is 1. The maximum Gasteiger partial charge on any atom is 0.339 e. The molecular formula is C18H18N4O4S. The van der Waals surface area contributed by atoms with Crippen molar-refractivity contribution in [2.75, 3.05) is 5.32 Å². The van der Waals surface area contributed by atoms with Gasteiger partial charge in [0, 0.05) is 23.8 Å². The molecule has 0 saturated carbocycles. The summed E-state index contributed by atoms with van der Waals surface area (Å²) in [4.78, 5) is 20.0. The summed E-state index contributed by atoms with van der Waals surface area (Å²) in [6.07, 6.45) is 1.29. The van der Waals surface area contributed by atoms with Gasteiger partial charge < -0.3 is 10.4 Å². The maximum absolute atomic E-state index is 11.6. The molecule has 27 heavy (non-hydrogen) atoms. The zero-order chi connectivity index (χ0) is 19.6. The number of hydrogen-bond donors (Lipinski definition) is 3. The van der Waals surface area contributed by atoms with E-state index >= 15 is 0 Å². The quantitative estimate of drug-likeness (QED) is 0.590. The van der Waals surface area contributed by atoms with E-state index in [1.807, 2.05) is 6.92 Å². The number of benzene rings is 1. The van der Waals surface area contributed by atoms with E-state index in [1.165, 1.54) is 6.20 Å². The Morgan fingerprint density at radius 3 is 2.44 bits per heavy atom. The molecule has 3 aromatic rings. The van der Waals surface area contributed by atoms with Crippen LogP contribution in [0.2, 0.25) is 0 Å². The number of aromatic carboxylic acids is 1. The van der Waals surface area contributed by atoms with Crippen LogP contribution in [0.4, 0.5) is 5.69 Å². The third-order valence-corrected chi connectivity index (χ3v) is 4.70. The van der Waals surface area contributed by atoms with Crippen LogP contribution < -0.4 is 10.5 Å². The maximum atomic E-state index is 11.6. The molecule has 3 rings (SSSR count). The average molecular weight is 386 g/mol. The van der Waals surface area contributed by atoms with Crippen LogP contribution in [0.25, 0.3) is 11.0 Å². The Morgan fingerprint density at radius 2 is 1.81 bits per heavy atom. The van der Waals surface area contributed by atoms with Crippen LogP contribution in [0.1, 0.15) is 27.2 Å². The van der Waals surface area contributed by atoms with E-state index < -0.39 is 16.0 Å². The Labute approximate surface area is 156 Å². The molecule has 0 fully saturated rings. The zero-order valence-electron chi connectivity index (χ0n) is 14.5. The summed E-state index contributed by atoms with van der Waals surface area (Å²) in [6.45, 7) is 2.19. The number of nitrogens with two attached hydrogens (primary N) is 1. The Balaban J connectivity index is 1.88. The smallest absolute Gasteiger partial charge is 0.339 e. The number of anilines is 1. The first-order chi connectivity index (χ1) is 12.7. The number of hydrogen-bond acceptors (Lipinski definition) is 6. The minimum atomic E-state index is -3.58. The molecule has 0 aliphatic carbocycles. The minimum Gasteiger partial charge on any atom is -0.478 e. The SMILES string of the molecule is Cc1ccc2c(NCc3ccc(CS(N)(=O)=O)cc3)c(C(=O)O)cnc2n1. The molecule has 0 radical (unpaired) electrons. The average Bonchev–Trinajstić information content (AvgIpc) is 2.59. The normalized spacial score (nSPS) is 11.5. The van der Waals surface area contributed by atoms with Crippen molar-refractivity contribution < 1.29 is 18.3 Å². The van der Waals surface area contributed by atoms with E-state index in [2.05, 4.69) is 15.3 Å². The van der Waals surface area contributed by atoms with Gasteiger partial charge in [-0.05, 0) is 30.2 Å². The number of carbonyl (C=O) groups is 1. The van der Waals surface area contributed by atoms with Gasteiger partial charge in [-0.15, -0.1) is 0 Å². The number of sulfonamides is 1. The van der Waals surface area contributed by atoms with Gasteiger partial charge in [0.2, 0.25) is 10.0 Å². The third-order valence-electron chi connectivity index (χ3n) is 3.96. The molecular weight excluding hydrogens is 368 g/mol. The second-order valence-electron chi connectivity index (χ2n) is 6.15. The Hall–Kier alpha value is -3.04. The molecule has 0 aliphatic heterocycles. The summed E-state index contributed by atoms with van der Waals surface area (Å²) in [6, 6.07) is 10.5. The fraction of sp³-hybridized carbons (Fsp3) is 0.167. The summed E-state index contributed by atoms with van der Waals surface area (Å²) in [5, 5.41) is 18.2. The van der Waals surface area contributed by atoms with Gasteiger partial charge in [-0.3, -0.25) is 0 Å². The van der Waals surface area contributed by atoms with E-state index in [-0.39, 0.29) is 11.3 Å². The predicted molar refractivity (Wildman–Crippen MR) is 102 cm³/mol. The topological polar surface area (TPSA) is 135 Å². The highest BCUT2D eigenvalue weighted by atomic mass is 32.2. The van der Waals surface area contributed by atoms with Crippen LogP contribution in [0.3, 0.4) is 0 Å². The van der Waals surface area contributed by atoms with Crippen LogP contribution >= 0.6 is 0 Å². The standard InChI is InChI=1S/C18H18N4O4S/c1-11-2-7-14-16(15(18(23)24)9-21-17(14)22-11)20-8-12-3-5-13(6-4-12)10-27(19,25)26/h2-7,9H,8,10H2,1H3,(H,23,24)(H2,19,25,26)(H,20,21,22). The van der Waals surface area contributed by atoms with Gasteiger partial charge >= 0.3 is 5.97 Å². The second-order valence-corrected chi connectivity index (χ2v) is 7.77. The fourth-order valence-electron chi connectivity index (χ4n) is 2.70. The number of aryl methyl sites for hydroxylation is 1. The lowest BCUT2D eigenvalue weighted by molar-refractivity contribution is 0.0697. The van der Waals surface area contributed by atoms with Crippen LogP contribution in [-0.4, -0.2) is 29.5 Å². The number of carboxylic acids is 1. The minimum absolute atomic E-state index is 0.0546. The number of nitrogens with zero attached hydrogens (tertiary/aromatic N) is 2. The van der Waals surface area contributed by atoms with Crippen LogP contribution in [-0.2, 0) is 22.3 Å².